The highest BCUT2D eigenvalue weighted by Crippen LogP contribution is 2.25. The summed E-state index contributed by atoms with van der Waals surface area (Å²) in [5.41, 5.74) is 0.417. The number of aromatic nitrogens is 1. The summed E-state index contributed by atoms with van der Waals surface area (Å²) < 4.78 is 54.1. The van der Waals surface area contributed by atoms with Gasteiger partial charge in [-0.1, -0.05) is 6.07 Å². The summed E-state index contributed by atoms with van der Waals surface area (Å²) in [6.07, 6.45) is 1.17. The molecule has 11 heteroatoms. The van der Waals surface area contributed by atoms with Crippen LogP contribution in [0.3, 0.4) is 0 Å². The van der Waals surface area contributed by atoms with Gasteiger partial charge in [0.2, 0.25) is 10.0 Å². The van der Waals surface area contributed by atoms with Gasteiger partial charge in [-0.3, -0.25) is 4.72 Å². The number of carboxylic acids is 1. The maximum Gasteiger partial charge on any atom is 0.352 e. The second-order valence-corrected chi connectivity index (χ2v) is 9.68. The van der Waals surface area contributed by atoms with Crippen LogP contribution < -0.4 is 4.72 Å². The van der Waals surface area contributed by atoms with Crippen molar-refractivity contribution < 1.29 is 26.7 Å². The molecule has 0 fully saturated rings. The van der Waals surface area contributed by atoms with E-state index >= 15 is 0 Å². The third-order valence-electron chi connectivity index (χ3n) is 3.74. The third-order valence-corrected chi connectivity index (χ3v) is 6.88. The van der Waals surface area contributed by atoms with E-state index in [-0.39, 0.29) is 21.2 Å². The van der Waals surface area contributed by atoms with Crippen LogP contribution in [0.4, 0.5) is 5.69 Å². The predicted octanol–water partition coefficient (Wildman–Crippen LogP) is 1.08. The lowest BCUT2D eigenvalue weighted by Gasteiger charge is -2.14. The van der Waals surface area contributed by atoms with Gasteiger partial charge in [-0.05, 0) is 30.7 Å². The van der Waals surface area contributed by atoms with Gasteiger partial charge in [0.1, 0.15) is 10.6 Å². The lowest BCUT2D eigenvalue weighted by atomic mass is 10.2. The van der Waals surface area contributed by atoms with E-state index in [1.807, 2.05) is 0 Å². The number of nitrogens with zero attached hydrogens (tertiary/aromatic N) is 2. The highest BCUT2D eigenvalue weighted by atomic mass is 32.2. The Morgan fingerprint density at radius 1 is 1.12 bits per heavy atom. The van der Waals surface area contributed by atoms with E-state index < -0.39 is 26.0 Å². The Morgan fingerprint density at radius 3 is 2.23 bits per heavy atom. The summed E-state index contributed by atoms with van der Waals surface area (Å²) in [6, 6.07) is 5.12. The molecule has 1 aromatic heterocycles. The van der Waals surface area contributed by atoms with Crippen LogP contribution in [-0.2, 0) is 27.1 Å². The maximum atomic E-state index is 12.6. The zero-order valence-electron chi connectivity index (χ0n) is 14.6. The van der Waals surface area contributed by atoms with Crippen LogP contribution in [0.2, 0.25) is 0 Å². The second-order valence-electron chi connectivity index (χ2n) is 5.85. The molecule has 1 aromatic carbocycles. The highest BCUT2D eigenvalue weighted by Gasteiger charge is 2.23. The zero-order chi connectivity index (χ0) is 19.9. The first-order valence-electron chi connectivity index (χ1n) is 7.32. The monoisotopic (exact) mass is 401 g/mol. The van der Waals surface area contributed by atoms with Crippen molar-refractivity contribution in [2.24, 2.45) is 7.05 Å². The van der Waals surface area contributed by atoms with E-state index in [4.69, 9.17) is 5.11 Å². The molecule has 0 bridgehead atoms. The van der Waals surface area contributed by atoms with E-state index in [1.54, 1.807) is 6.92 Å². The normalized spacial score (nSPS) is 12.3. The summed E-state index contributed by atoms with van der Waals surface area (Å²) >= 11 is 0. The van der Waals surface area contributed by atoms with Gasteiger partial charge in [0.25, 0.3) is 10.0 Å². The molecule has 0 spiro atoms. The van der Waals surface area contributed by atoms with Gasteiger partial charge in [-0.25, -0.2) is 25.9 Å². The van der Waals surface area contributed by atoms with Crippen molar-refractivity contribution in [1.29, 1.82) is 0 Å². The number of benzene rings is 1. The molecule has 0 saturated carbocycles. The first kappa shape index (κ1) is 19.9. The number of carbonyl (C=O) groups is 1. The van der Waals surface area contributed by atoms with Crippen LogP contribution >= 0.6 is 0 Å². The van der Waals surface area contributed by atoms with Crippen LogP contribution in [0.15, 0.2) is 40.3 Å². The van der Waals surface area contributed by atoms with E-state index in [1.165, 1.54) is 50.1 Å². The van der Waals surface area contributed by atoms with Crippen LogP contribution in [0, 0.1) is 6.92 Å². The Hall–Kier alpha value is -2.37. The average molecular weight is 401 g/mol. The summed E-state index contributed by atoms with van der Waals surface area (Å²) in [6.45, 7) is 1.62. The van der Waals surface area contributed by atoms with E-state index in [0.717, 1.165) is 10.4 Å². The lowest BCUT2D eigenvalue weighted by Crippen LogP contribution is -2.22. The molecule has 0 amide bonds. The molecule has 142 valence electrons. The van der Waals surface area contributed by atoms with Gasteiger partial charge in [0.05, 0.1) is 10.6 Å². The van der Waals surface area contributed by atoms with Crippen LogP contribution in [0.25, 0.3) is 0 Å². The fourth-order valence-corrected chi connectivity index (χ4v) is 4.30. The molecule has 0 aliphatic heterocycles. The molecule has 0 radical (unpaired) electrons. The molecule has 0 aliphatic carbocycles. The number of sulfonamides is 2. The van der Waals surface area contributed by atoms with Gasteiger partial charge in [-0.15, -0.1) is 0 Å². The van der Waals surface area contributed by atoms with Crippen molar-refractivity contribution in [3.8, 4) is 0 Å². The largest absolute Gasteiger partial charge is 0.477 e. The van der Waals surface area contributed by atoms with Gasteiger partial charge < -0.3 is 9.67 Å². The second kappa shape index (κ2) is 6.74. The Kier molecular flexibility index (Phi) is 5.17. The quantitative estimate of drug-likeness (QED) is 0.746. The van der Waals surface area contributed by atoms with Gasteiger partial charge in [0.15, 0.2) is 0 Å². The van der Waals surface area contributed by atoms with Gasteiger partial charge in [-0.2, -0.15) is 0 Å². The molecule has 2 aromatic rings. The van der Waals surface area contributed by atoms with Crippen molar-refractivity contribution >= 4 is 31.7 Å². The van der Waals surface area contributed by atoms with Crippen molar-refractivity contribution in [3.05, 3.63) is 41.7 Å². The number of aryl methyl sites for hydroxylation is 2. The van der Waals surface area contributed by atoms with E-state index in [9.17, 15) is 21.6 Å². The topological polar surface area (TPSA) is 126 Å². The molecule has 0 unspecified atom stereocenters. The van der Waals surface area contributed by atoms with Crippen molar-refractivity contribution in [2.75, 3.05) is 18.8 Å². The minimum atomic E-state index is -4.10. The molecule has 0 aliphatic rings. The Balaban J connectivity index is 2.47. The Bertz CT molecular complexity index is 1070. The van der Waals surface area contributed by atoms with E-state index in [0.29, 0.717) is 5.56 Å². The summed E-state index contributed by atoms with van der Waals surface area (Å²) in [4.78, 5) is 10.8. The number of aromatic carboxylic acids is 1. The number of hydrogen-bond donors (Lipinski definition) is 2. The predicted molar refractivity (Wildman–Crippen MR) is 95.2 cm³/mol. The molecular formula is C15H19N3O6S2. The number of rotatable bonds is 6. The van der Waals surface area contributed by atoms with Crippen molar-refractivity contribution in [1.82, 2.24) is 8.87 Å². The summed E-state index contributed by atoms with van der Waals surface area (Å²) in [7, 11) is -3.67. The standard InChI is InChI=1S/C15H19N3O6S2/c1-10-5-6-11(26(23,24)17(2)3)7-13(10)16-25(21,22)12-8-14(15(19)20)18(4)9-12/h5-9,16H,1-4H3,(H,19,20). The van der Waals surface area contributed by atoms with Crippen LogP contribution in [-0.4, -0.2) is 50.9 Å². The van der Waals surface area contributed by atoms with Crippen LogP contribution in [0.5, 0.6) is 0 Å². The van der Waals surface area contributed by atoms with Gasteiger partial charge in [0, 0.05) is 27.3 Å². The minimum Gasteiger partial charge on any atom is -0.477 e. The third kappa shape index (κ3) is 3.74. The van der Waals surface area contributed by atoms with Gasteiger partial charge >= 0.3 is 5.97 Å². The summed E-state index contributed by atoms with van der Waals surface area (Å²) in [5.74, 6) is -1.26. The maximum absolute atomic E-state index is 12.6. The van der Waals surface area contributed by atoms with Crippen LogP contribution in [0.1, 0.15) is 16.1 Å². The van der Waals surface area contributed by atoms with Crippen molar-refractivity contribution in [2.45, 2.75) is 16.7 Å². The zero-order valence-corrected chi connectivity index (χ0v) is 16.2. The Labute approximate surface area is 152 Å². The molecular weight excluding hydrogens is 382 g/mol. The number of anilines is 1. The first-order chi connectivity index (χ1) is 11.9. The van der Waals surface area contributed by atoms with E-state index in [2.05, 4.69) is 4.72 Å². The Morgan fingerprint density at radius 2 is 1.73 bits per heavy atom. The molecule has 1 heterocycles. The molecule has 26 heavy (non-hydrogen) atoms. The summed E-state index contributed by atoms with van der Waals surface area (Å²) in [5, 5.41) is 9.05. The van der Waals surface area contributed by atoms with Crippen molar-refractivity contribution in [3.63, 3.8) is 0 Å². The number of hydrogen-bond acceptors (Lipinski definition) is 5. The number of nitrogens with one attached hydrogen (secondary N) is 1. The number of carboxylic acid groups (broad SMARTS) is 1. The molecule has 0 saturated heterocycles. The minimum absolute atomic E-state index is 0.0647. The molecule has 9 nitrogen and oxygen atoms in total. The fourth-order valence-electron chi connectivity index (χ4n) is 2.18. The molecule has 0 atom stereocenters. The highest BCUT2D eigenvalue weighted by molar-refractivity contribution is 7.92. The lowest BCUT2D eigenvalue weighted by molar-refractivity contribution is 0.0686. The molecule has 2 N–H and O–H groups in total. The average Bonchev–Trinajstić information content (AvgIpc) is 2.92. The fraction of sp³-hybridized carbons (Fsp3) is 0.267. The smallest absolute Gasteiger partial charge is 0.352 e. The SMILES string of the molecule is Cc1ccc(S(=O)(=O)N(C)C)cc1NS(=O)(=O)c1cc(C(=O)O)n(C)c1. The molecule has 2 rings (SSSR count). The first-order valence-corrected chi connectivity index (χ1v) is 10.2.